The molecule has 3 heterocycles. The predicted octanol–water partition coefficient (Wildman–Crippen LogP) is 3.17. The Kier molecular flexibility index (Phi) is 4.46. The van der Waals surface area contributed by atoms with Gasteiger partial charge in [-0.25, -0.2) is 4.98 Å². The molecule has 26 heavy (non-hydrogen) atoms. The van der Waals surface area contributed by atoms with Gasteiger partial charge >= 0.3 is 0 Å². The number of amides is 2. The molecule has 0 aliphatic carbocycles. The third-order valence-corrected chi connectivity index (χ3v) is 6.47. The lowest BCUT2D eigenvalue weighted by atomic mass is 10.2. The number of aryl methyl sites for hydroxylation is 1. The van der Waals surface area contributed by atoms with Gasteiger partial charge in [-0.2, -0.15) is 0 Å². The number of rotatable bonds is 4. The van der Waals surface area contributed by atoms with Gasteiger partial charge in [0.2, 0.25) is 11.8 Å². The average molecular weight is 387 g/mol. The molecule has 1 aromatic carbocycles. The molecule has 0 saturated carbocycles. The molecule has 134 valence electrons. The van der Waals surface area contributed by atoms with E-state index in [1.54, 1.807) is 23.3 Å². The molecule has 2 aromatic heterocycles. The first-order chi connectivity index (χ1) is 12.5. The van der Waals surface area contributed by atoms with Crippen LogP contribution < -0.4 is 5.32 Å². The molecule has 8 heteroatoms. The second-order valence-electron chi connectivity index (χ2n) is 6.25. The summed E-state index contributed by atoms with van der Waals surface area (Å²) < 4.78 is 2.02. The van der Waals surface area contributed by atoms with E-state index in [1.165, 1.54) is 11.8 Å². The van der Waals surface area contributed by atoms with Crippen molar-refractivity contribution in [2.45, 2.75) is 30.0 Å². The highest BCUT2D eigenvalue weighted by atomic mass is 32.2. The van der Waals surface area contributed by atoms with Gasteiger partial charge in [-0.3, -0.25) is 14.0 Å². The highest BCUT2D eigenvalue weighted by molar-refractivity contribution is 8.01. The highest BCUT2D eigenvalue weighted by Gasteiger charge is 2.30. The second kappa shape index (κ2) is 6.77. The van der Waals surface area contributed by atoms with Crippen LogP contribution in [-0.4, -0.2) is 38.4 Å². The van der Waals surface area contributed by atoms with Crippen LogP contribution in [0.4, 0.5) is 5.69 Å². The number of fused-ring (bicyclic) bond motifs is 2. The van der Waals surface area contributed by atoms with E-state index < -0.39 is 5.25 Å². The summed E-state index contributed by atoms with van der Waals surface area (Å²) in [6, 6.07) is 7.66. The summed E-state index contributed by atoms with van der Waals surface area (Å²) in [6.45, 7) is 2.42. The maximum Gasteiger partial charge on any atom is 0.238 e. The zero-order valence-corrected chi connectivity index (χ0v) is 16.1. The zero-order chi connectivity index (χ0) is 18.3. The maximum atomic E-state index is 12.7. The molecule has 2 amide bonds. The molecule has 0 saturated heterocycles. The zero-order valence-electron chi connectivity index (χ0n) is 14.4. The monoisotopic (exact) mass is 386 g/mol. The highest BCUT2D eigenvalue weighted by Crippen LogP contribution is 2.36. The van der Waals surface area contributed by atoms with E-state index in [-0.39, 0.29) is 18.2 Å². The number of hydrogen-bond acceptors (Lipinski definition) is 5. The Hall–Kier alpha value is -2.32. The lowest BCUT2D eigenvalue weighted by molar-refractivity contribution is -0.132. The Balaban J connectivity index is 1.45. The van der Waals surface area contributed by atoms with Gasteiger partial charge in [-0.05, 0) is 19.1 Å². The van der Waals surface area contributed by atoms with Gasteiger partial charge in [-0.1, -0.05) is 12.1 Å². The van der Waals surface area contributed by atoms with Gasteiger partial charge in [0.15, 0.2) is 4.96 Å². The maximum absolute atomic E-state index is 12.7. The number of nitrogens with one attached hydrogen (secondary N) is 1. The standard InChI is InChI=1S/C18H18N4O2S2/c1-11-13(22-7-8-25-18(22)19-11)10-21(2)16(23)9-15-17(24)20-12-5-3-4-6-14(12)26-15/h3-8,15H,9-10H2,1-2H3,(H,20,24). The van der Waals surface area contributed by atoms with E-state index in [9.17, 15) is 9.59 Å². The smallest absolute Gasteiger partial charge is 0.238 e. The first kappa shape index (κ1) is 17.1. The first-order valence-corrected chi connectivity index (χ1v) is 10.0. The minimum atomic E-state index is -0.410. The summed E-state index contributed by atoms with van der Waals surface area (Å²) in [6.07, 6.45) is 2.14. The summed E-state index contributed by atoms with van der Waals surface area (Å²) in [5.74, 6) is -0.169. The molecule has 6 nitrogen and oxygen atoms in total. The van der Waals surface area contributed by atoms with Crippen LogP contribution in [-0.2, 0) is 16.1 Å². The molecule has 0 radical (unpaired) electrons. The number of aromatic nitrogens is 2. The van der Waals surface area contributed by atoms with Crippen molar-refractivity contribution < 1.29 is 9.59 Å². The molecule has 1 aliphatic heterocycles. The van der Waals surface area contributed by atoms with Crippen LogP contribution in [0.3, 0.4) is 0 Å². The molecular weight excluding hydrogens is 368 g/mol. The first-order valence-electron chi connectivity index (χ1n) is 8.24. The van der Waals surface area contributed by atoms with Gasteiger partial charge in [0.05, 0.1) is 28.9 Å². The van der Waals surface area contributed by atoms with Gasteiger partial charge < -0.3 is 10.2 Å². The molecule has 0 bridgehead atoms. The van der Waals surface area contributed by atoms with Crippen molar-refractivity contribution in [2.75, 3.05) is 12.4 Å². The Morgan fingerprint density at radius 1 is 1.38 bits per heavy atom. The number of para-hydroxylation sites is 1. The molecule has 4 rings (SSSR count). The molecule has 1 N–H and O–H groups in total. The van der Waals surface area contributed by atoms with Crippen molar-refractivity contribution in [3.8, 4) is 0 Å². The third kappa shape index (κ3) is 3.10. The van der Waals surface area contributed by atoms with E-state index in [0.717, 1.165) is 26.9 Å². The predicted molar refractivity (Wildman–Crippen MR) is 104 cm³/mol. The minimum Gasteiger partial charge on any atom is -0.340 e. The normalized spacial score (nSPS) is 16.4. The Morgan fingerprint density at radius 2 is 2.19 bits per heavy atom. The summed E-state index contributed by atoms with van der Waals surface area (Å²) >= 11 is 3.02. The molecule has 0 fully saturated rings. The Bertz CT molecular complexity index is 994. The number of thioether (sulfide) groups is 1. The van der Waals surface area contributed by atoms with Crippen molar-refractivity contribution in [3.63, 3.8) is 0 Å². The fraction of sp³-hybridized carbons (Fsp3) is 0.278. The summed E-state index contributed by atoms with van der Waals surface area (Å²) in [7, 11) is 1.77. The van der Waals surface area contributed by atoms with Crippen LogP contribution in [0.5, 0.6) is 0 Å². The van der Waals surface area contributed by atoms with Crippen molar-refractivity contribution in [3.05, 3.63) is 47.2 Å². The van der Waals surface area contributed by atoms with Crippen LogP contribution in [0, 0.1) is 6.92 Å². The van der Waals surface area contributed by atoms with E-state index in [1.807, 2.05) is 47.2 Å². The van der Waals surface area contributed by atoms with E-state index >= 15 is 0 Å². The second-order valence-corrected chi connectivity index (χ2v) is 8.36. The van der Waals surface area contributed by atoms with Crippen molar-refractivity contribution in [2.24, 2.45) is 0 Å². The summed E-state index contributed by atoms with van der Waals surface area (Å²) in [5, 5.41) is 4.46. The SMILES string of the molecule is Cc1nc2sccn2c1CN(C)C(=O)CC1Sc2ccccc2NC1=O. The average Bonchev–Trinajstić information content (AvgIpc) is 3.18. The molecule has 3 aromatic rings. The lowest BCUT2D eigenvalue weighted by Crippen LogP contribution is -2.35. The van der Waals surface area contributed by atoms with Crippen LogP contribution in [0.1, 0.15) is 17.8 Å². The lowest BCUT2D eigenvalue weighted by Gasteiger charge is -2.25. The third-order valence-electron chi connectivity index (χ3n) is 4.44. The molecule has 1 atom stereocenters. The largest absolute Gasteiger partial charge is 0.340 e. The van der Waals surface area contributed by atoms with Crippen LogP contribution >= 0.6 is 23.1 Å². The fourth-order valence-corrected chi connectivity index (χ4v) is 4.87. The van der Waals surface area contributed by atoms with Crippen molar-refractivity contribution in [1.82, 2.24) is 14.3 Å². The molecule has 1 unspecified atom stereocenters. The topological polar surface area (TPSA) is 66.7 Å². The van der Waals surface area contributed by atoms with Gasteiger partial charge in [0, 0.05) is 29.9 Å². The number of hydrogen-bond donors (Lipinski definition) is 1. The number of benzene rings is 1. The summed E-state index contributed by atoms with van der Waals surface area (Å²) in [4.78, 5) is 33.1. The fourth-order valence-electron chi connectivity index (χ4n) is 2.99. The van der Waals surface area contributed by atoms with Crippen molar-refractivity contribution >= 4 is 45.6 Å². The van der Waals surface area contributed by atoms with Crippen LogP contribution in [0.25, 0.3) is 4.96 Å². The van der Waals surface area contributed by atoms with Crippen LogP contribution in [0.2, 0.25) is 0 Å². The van der Waals surface area contributed by atoms with Gasteiger partial charge in [0.25, 0.3) is 0 Å². The number of imidazole rings is 1. The van der Waals surface area contributed by atoms with E-state index in [2.05, 4.69) is 10.3 Å². The quantitative estimate of drug-likeness (QED) is 0.748. The van der Waals surface area contributed by atoms with E-state index in [0.29, 0.717) is 6.54 Å². The molecular formula is C18H18N4O2S2. The van der Waals surface area contributed by atoms with E-state index in [4.69, 9.17) is 0 Å². The van der Waals surface area contributed by atoms with Crippen LogP contribution in [0.15, 0.2) is 40.7 Å². The number of nitrogens with zero attached hydrogens (tertiary/aromatic N) is 3. The Labute approximate surface area is 159 Å². The van der Waals surface area contributed by atoms with Crippen molar-refractivity contribution in [1.29, 1.82) is 0 Å². The van der Waals surface area contributed by atoms with Gasteiger partial charge in [-0.15, -0.1) is 23.1 Å². The number of thiazole rings is 1. The Morgan fingerprint density at radius 3 is 3.04 bits per heavy atom. The number of carbonyl (C=O) groups is 2. The number of carbonyl (C=O) groups excluding carboxylic acids is 2. The number of anilines is 1. The molecule has 1 aliphatic rings. The molecule has 0 spiro atoms. The minimum absolute atomic E-state index is 0.0541. The van der Waals surface area contributed by atoms with Gasteiger partial charge in [0.1, 0.15) is 0 Å². The summed E-state index contributed by atoms with van der Waals surface area (Å²) in [5.41, 5.74) is 2.74.